The molecule has 1 amide bonds. The van der Waals surface area contributed by atoms with Crippen LogP contribution in [0.15, 0.2) is 66.1 Å². The first-order valence-corrected chi connectivity index (χ1v) is 9.98. The van der Waals surface area contributed by atoms with Crippen molar-refractivity contribution in [2.45, 2.75) is 18.0 Å². The summed E-state index contributed by atoms with van der Waals surface area (Å²) in [5.74, 6) is -3.35. The molecular formula is C19H16F2N4O4S. The largest absolute Gasteiger partial charge is 0.288 e. The number of hydrogen-bond donors (Lipinski definition) is 2. The van der Waals surface area contributed by atoms with E-state index in [0.29, 0.717) is 11.6 Å². The van der Waals surface area contributed by atoms with E-state index in [2.05, 4.69) is 9.97 Å². The molecule has 0 spiro atoms. The van der Waals surface area contributed by atoms with Crippen LogP contribution in [0.3, 0.4) is 0 Å². The Hall–Kier alpha value is -3.28. The minimum absolute atomic E-state index is 0.119. The normalized spacial score (nSPS) is 11.5. The van der Waals surface area contributed by atoms with E-state index >= 15 is 0 Å². The Kier molecular flexibility index (Phi) is 6.45. The monoisotopic (exact) mass is 434 g/mol. The van der Waals surface area contributed by atoms with Gasteiger partial charge in [0.25, 0.3) is 5.91 Å². The summed E-state index contributed by atoms with van der Waals surface area (Å²) in [4.78, 5) is 19.0. The topological polar surface area (TPSA) is 112 Å². The van der Waals surface area contributed by atoms with Gasteiger partial charge in [0.1, 0.15) is 16.5 Å². The first kappa shape index (κ1) is 21.4. The Labute approximate surface area is 170 Å². The number of halogens is 2. The molecule has 3 rings (SSSR count). The first-order valence-electron chi connectivity index (χ1n) is 8.54. The van der Waals surface area contributed by atoms with Gasteiger partial charge in [0, 0.05) is 43.4 Å². The van der Waals surface area contributed by atoms with Crippen LogP contribution in [0.5, 0.6) is 0 Å². The maximum absolute atomic E-state index is 14.5. The van der Waals surface area contributed by atoms with E-state index in [1.54, 1.807) is 12.1 Å². The quantitative estimate of drug-likeness (QED) is 0.436. The number of carbonyl (C=O) groups excluding carboxylic acids is 1. The lowest BCUT2D eigenvalue weighted by Gasteiger charge is -2.22. The van der Waals surface area contributed by atoms with Crippen molar-refractivity contribution in [1.29, 1.82) is 0 Å². The molecule has 2 aromatic heterocycles. The van der Waals surface area contributed by atoms with Crippen LogP contribution in [-0.4, -0.2) is 33.8 Å². The SMILES string of the molecule is O=C(NO)c1cc(F)c(CN(Cc2cccnc2)S(=O)(=O)c2cccnc2)cc1F. The number of rotatable bonds is 7. The van der Waals surface area contributed by atoms with Gasteiger partial charge in [0.05, 0.1) is 5.56 Å². The van der Waals surface area contributed by atoms with Crippen molar-refractivity contribution < 1.29 is 27.2 Å². The molecule has 156 valence electrons. The summed E-state index contributed by atoms with van der Waals surface area (Å²) in [6.07, 6.45) is 5.53. The first-order chi connectivity index (χ1) is 14.3. The molecule has 2 N–H and O–H groups in total. The average molecular weight is 434 g/mol. The fourth-order valence-electron chi connectivity index (χ4n) is 2.70. The Morgan fingerprint density at radius 2 is 1.73 bits per heavy atom. The van der Waals surface area contributed by atoms with E-state index < -0.39 is 39.7 Å². The highest BCUT2D eigenvalue weighted by Crippen LogP contribution is 2.23. The van der Waals surface area contributed by atoms with E-state index in [4.69, 9.17) is 5.21 Å². The van der Waals surface area contributed by atoms with E-state index in [9.17, 15) is 22.0 Å². The second kappa shape index (κ2) is 9.03. The molecule has 1 aromatic carbocycles. The summed E-state index contributed by atoms with van der Waals surface area (Å²) in [6, 6.07) is 7.35. The smallest absolute Gasteiger partial charge is 0.277 e. The zero-order valence-electron chi connectivity index (χ0n) is 15.4. The molecule has 0 radical (unpaired) electrons. The lowest BCUT2D eigenvalue weighted by atomic mass is 10.1. The van der Waals surface area contributed by atoms with Crippen LogP contribution in [0.25, 0.3) is 0 Å². The van der Waals surface area contributed by atoms with Gasteiger partial charge in [-0.2, -0.15) is 4.31 Å². The van der Waals surface area contributed by atoms with Crippen LogP contribution in [0.1, 0.15) is 21.5 Å². The van der Waals surface area contributed by atoms with Crippen molar-refractivity contribution in [3.8, 4) is 0 Å². The van der Waals surface area contributed by atoms with Crippen LogP contribution >= 0.6 is 0 Å². The maximum Gasteiger partial charge on any atom is 0.277 e. The fourth-order valence-corrected chi connectivity index (χ4v) is 4.07. The third-order valence-electron chi connectivity index (χ3n) is 4.18. The number of aromatic nitrogens is 2. The second-order valence-corrected chi connectivity index (χ2v) is 8.13. The Morgan fingerprint density at radius 1 is 1.03 bits per heavy atom. The van der Waals surface area contributed by atoms with Gasteiger partial charge >= 0.3 is 0 Å². The van der Waals surface area contributed by atoms with E-state index in [-0.39, 0.29) is 17.0 Å². The fraction of sp³-hybridized carbons (Fsp3) is 0.105. The predicted molar refractivity (Wildman–Crippen MR) is 101 cm³/mol. The molecule has 8 nitrogen and oxygen atoms in total. The van der Waals surface area contributed by atoms with Gasteiger partial charge in [-0.25, -0.2) is 22.7 Å². The van der Waals surface area contributed by atoms with Gasteiger partial charge in [-0.05, 0) is 35.9 Å². The summed E-state index contributed by atoms with van der Waals surface area (Å²) in [5, 5.41) is 8.63. The number of benzene rings is 1. The van der Waals surface area contributed by atoms with Crippen LogP contribution in [-0.2, 0) is 23.1 Å². The number of nitrogens with one attached hydrogen (secondary N) is 1. The number of hydroxylamine groups is 1. The number of carbonyl (C=O) groups is 1. The number of hydrogen-bond acceptors (Lipinski definition) is 6. The number of amides is 1. The van der Waals surface area contributed by atoms with E-state index in [1.165, 1.54) is 36.2 Å². The summed E-state index contributed by atoms with van der Waals surface area (Å²) in [7, 11) is -4.12. The van der Waals surface area contributed by atoms with Gasteiger partial charge in [0.15, 0.2) is 0 Å². The lowest BCUT2D eigenvalue weighted by Crippen LogP contribution is -2.31. The molecular weight excluding hydrogens is 418 g/mol. The van der Waals surface area contributed by atoms with Crippen LogP contribution < -0.4 is 5.48 Å². The highest BCUT2D eigenvalue weighted by Gasteiger charge is 2.27. The zero-order valence-corrected chi connectivity index (χ0v) is 16.2. The van der Waals surface area contributed by atoms with Crippen molar-refractivity contribution in [3.05, 3.63) is 89.5 Å². The van der Waals surface area contributed by atoms with Crippen molar-refractivity contribution in [2.24, 2.45) is 0 Å². The third-order valence-corrected chi connectivity index (χ3v) is 5.96. The highest BCUT2D eigenvalue weighted by molar-refractivity contribution is 7.89. The van der Waals surface area contributed by atoms with Gasteiger partial charge in [-0.1, -0.05) is 6.07 Å². The summed E-state index contributed by atoms with van der Waals surface area (Å²) in [6.45, 7) is -0.680. The average Bonchev–Trinajstić information content (AvgIpc) is 2.76. The van der Waals surface area contributed by atoms with Gasteiger partial charge < -0.3 is 0 Å². The molecule has 0 fully saturated rings. The van der Waals surface area contributed by atoms with Crippen molar-refractivity contribution in [1.82, 2.24) is 19.8 Å². The third kappa shape index (κ3) is 4.64. The molecule has 0 aliphatic rings. The Bertz CT molecular complexity index is 1150. The van der Waals surface area contributed by atoms with Gasteiger partial charge in [0.2, 0.25) is 10.0 Å². The zero-order chi connectivity index (χ0) is 21.7. The lowest BCUT2D eigenvalue weighted by molar-refractivity contribution is 0.0701. The number of sulfonamides is 1. The minimum Gasteiger partial charge on any atom is -0.288 e. The molecule has 30 heavy (non-hydrogen) atoms. The van der Waals surface area contributed by atoms with Crippen molar-refractivity contribution >= 4 is 15.9 Å². The van der Waals surface area contributed by atoms with Crippen LogP contribution in [0.4, 0.5) is 8.78 Å². The number of nitrogens with zero attached hydrogens (tertiary/aromatic N) is 3. The molecule has 0 aliphatic heterocycles. The van der Waals surface area contributed by atoms with Crippen molar-refractivity contribution in [2.75, 3.05) is 0 Å². The standard InChI is InChI=1S/C19H16F2N4O4S/c20-17-8-16(19(26)24-27)18(21)7-14(17)12-25(11-13-3-1-5-22-9-13)30(28,29)15-4-2-6-23-10-15/h1-10,27H,11-12H2,(H,24,26). The highest BCUT2D eigenvalue weighted by atomic mass is 32.2. The van der Waals surface area contributed by atoms with E-state index in [1.807, 2.05) is 0 Å². The molecule has 0 saturated carbocycles. The Balaban J connectivity index is 2.01. The Morgan fingerprint density at radius 3 is 2.33 bits per heavy atom. The molecule has 11 heteroatoms. The predicted octanol–water partition coefficient (Wildman–Crippen LogP) is 2.26. The molecule has 2 heterocycles. The molecule has 3 aromatic rings. The summed E-state index contributed by atoms with van der Waals surface area (Å²) >= 11 is 0. The van der Waals surface area contributed by atoms with E-state index in [0.717, 1.165) is 16.6 Å². The maximum atomic E-state index is 14.5. The molecule has 0 aliphatic carbocycles. The van der Waals surface area contributed by atoms with Crippen molar-refractivity contribution in [3.63, 3.8) is 0 Å². The molecule has 0 saturated heterocycles. The minimum atomic E-state index is -4.12. The number of pyridine rings is 2. The molecule has 0 atom stereocenters. The molecule has 0 unspecified atom stereocenters. The second-order valence-electron chi connectivity index (χ2n) is 6.19. The molecule has 0 bridgehead atoms. The summed E-state index contributed by atoms with van der Waals surface area (Å²) < 4.78 is 56.0. The van der Waals surface area contributed by atoms with Crippen LogP contribution in [0.2, 0.25) is 0 Å². The summed E-state index contributed by atoms with van der Waals surface area (Å²) in [5.41, 5.74) is 0.744. The van der Waals surface area contributed by atoms with Gasteiger partial charge in [-0.15, -0.1) is 0 Å². The van der Waals surface area contributed by atoms with Crippen LogP contribution in [0, 0.1) is 11.6 Å². The van der Waals surface area contributed by atoms with Gasteiger partial charge in [-0.3, -0.25) is 20.0 Å².